The molecular weight excluding hydrogens is 164 g/mol. The molecule has 1 aliphatic heterocycles. The van der Waals surface area contributed by atoms with Crippen LogP contribution in [-0.2, 0) is 13.0 Å². The average molecular weight is 173 g/mol. The van der Waals surface area contributed by atoms with Gasteiger partial charge in [-0.3, -0.25) is 0 Å². The summed E-state index contributed by atoms with van der Waals surface area (Å²) in [4.78, 5) is 4.04. The van der Waals surface area contributed by atoms with Crippen molar-refractivity contribution in [3.8, 4) is 0 Å². The Bertz CT molecular complexity index is 270. The second-order valence-corrected chi connectivity index (χ2v) is 3.11. The molecule has 2 heterocycles. The number of aryl methyl sites for hydroxylation is 1. The first-order valence-electron chi connectivity index (χ1n) is 3.60. The molecule has 0 aliphatic carbocycles. The van der Waals surface area contributed by atoms with Gasteiger partial charge < -0.3 is 5.73 Å². The minimum atomic E-state index is 0.225. The molecule has 1 unspecified atom stereocenters. The van der Waals surface area contributed by atoms with Crippen molar-refractivity contribution in [2.45, 2.75) is 25.4 Å². The summed E-state index contributed by atoms with van der Waals surface area (Å²) in [6.07, 6.45) is 1.76. The van der Waals surface area contributed by atoms with Gasteiger partial charge in [0.2, 0.25) is 5.28 Å². The molecule has 0 aromatic carbocycles. The van der Waals surface area contributed by atoms with Gasteiger partial charge in [-0.05, 0) is 18.0 Å². The molecular formula is C6H9ClN4. The minimum absolute atomic E-state index is 0.225. The van der Waals surface area contributed by atoms with E-state index in [9.17, 15) is 0 Å². The highest BCUT2D eigenvalue weighted by atomic mass is 35.5. The molecule has 60 valence electrons. The molecule has 0 radical (unpaired) electrons. The van der Waals surface area contributed by atoms with Crippen LogP contribution < -0.4 is 5.73 Å². The maximum atomic E-state index is 5.73. The summed E-state index contributed by atoms with van der Waals surface area (Å²) in [5, 5.41) is 4.33. The van der Waals surface area contributed by atoms with Crippen molar-refractivity contribution in [1.82, 2.24) is 14.8 Å². The third-order valence-corrected chi connectivity index (χ3v) is 2.04. The Kier molecular flexibility index (Phi) is 1.58. The summed E-state index contributed by atoms with van der Waals surface area (Å²) in [5.74, 6) is 0.911. The van der Waals surface area contributed by atoms with E-state index >= 15 is 0 Å². The molecule has 1 aromatic rings. The molecule has 2 N–H and O–H groups in total. The van der Waals surface area contributed by atoms with Crippen LogP contribution in [0.2, 0.25) is 5.28 Å². The molecule has 1 atom stereocenters. The van der Waals surface area contributed by atoms with E-state index in [1.807, 2.05) is 4.68 Å². The monoisotopic (exact) mass is 172 g/mol. The lowest BCUT2D eigenvalue weighted by atomic mass is 10.1. The third-order valence-electron chi connectivity index (χ3n) is 1.88. The Hall–Kier alpha value is -0.610. The summed E-state index contributed by atoms with van der Waals surface area (Å²) in [6, 6.07) is 0.225. The number of hydrogen-bond acceptors (Lipinski definition) is 3. The van der Waals surface area contributed by atoms with Crippen molar-refractivity contribution in [3.63, 3.8) is 0 Å². The molecule has 0 fully saturated rings. The standard InChI is InChI=1S/C6H9ClN4/c7-6-9-5-3-4(8)1-2-11(5)10-6/h4H,1-3,8H2. The topological polar surface area (TPSA) is 56.7 Å². The summed E-state index contributed by atoms with van der Waals surface area (Å²) < 4.78 is 1.83. The molecule has 0 bridgehead atoms. The predicted molar refractivity (Wildman–Crippen MR) is 41.3 cm³/mol. The van der Waals surface area contributed by atoms with Gasteiger partial charge in [-0.1, -0.05) is 0 Å². The SMILES string of the molecule is NC1CCn2nc(Cl)nc2C1. The summed E-state index contributed by atoms with van der Waals surface area (Å²) in [6.45, 7) is 0.843. The van der Waals surface area contributed by atoms with Gasteiger partial charge in [-0.15, -0.1) is 5.10 Å². The average Bonchev–Trinajstić information content (AvgIpc) is 2.27. The predicted octanol–water partition coefficient (Wildman–Crippen LogP) is 0.205. The number of nitrogens with two attached hydrogens (primary N) is 1. The zero-order valence-corrected chi connectivity index (χ0v) is 6.75. The van der Waals surface area contributed by atoms with E-state index in [1.165, 1.54) is 0 Å². The van der Waals surface area contributed by atoms with Crippen LogP contribution in [0, 0.1) is 0 Å². The fraction of sp³-hybridized carbons (Fsp3) is 0.667. The molecule has 1 aliphatic rings. The van der Waals surface area contributed by atoms with E-state index in [1.54, 1.807) is 0 Å². The molecule has 11 heavy (non-hydrogen) atoms. The van der Waals surface area contributed by atoms with Gasteiger partial charge in [-0.25, -0.2) is 9.67 Å². The molecule has 1 aromatic heterocycles. The van der Waals surface area contributed by atoms with Gasteiger partial charge in [-0.2, -0.15) is 0 Å². The number of halogens is 1. The maximum absolute atomic E-state index is 5.73. The fourth-order valence-electron chi connectivity index (χ4n) is 1.30. The quantitative estimate of drug-likeness (QED) is 0.609. The van der Waals surface area contributed by atoms with Gasteiger partial charge in [0.15, 0.2) is 0 Å². The van der Waals surface area contributed by atoms with Crippen LogP contribution in [0.3, 0.4) is 0 Å². The van der Waals surface area contributed by atoms with Gasteiger partial charge >= 0.3 is 0 Å². The highest BCUT2D eigenvalue weighted by molar-refractivity contribution is 6.28. The first kappa shape index (κ1) is 7.06. The van der Waals surface area contributed by atoms with Crippen LogP contribution in [0.15, 0.2) is 0 Å². The molecule has 0 spiro atoms. The summed E-state index contributed by atoms with van der Waals surface area (Å²) in [5.41, 5.74) is 5.73. The normalized spacial score (nSPS) is 23.3. The number of rotatable bonds is 0. The van der Waals surface area contributed by atoms with Crippen LogP contribution in [0.1, 0.15) is 12.2 Å². The molecule has 5 heteroatoms. The smallest absolute Gasteiger partial charge is 0.242 e. The fourth-order valence-corrected chi connectivity index (χ4v) is 1.49. The first-order chi connectivity index (χ1) is 5.25. The molecule has 2 rings (SSSR count). The van der Waals surface area contributed by atoms with Crippen LogP contribution in [0.4, 0.5) is 0 Å². The maximum Gasteiger partial charge on any atom is 0.242 e. The van der Waals surface area contributed by atoms with Crippen molar-refractivity contribution in [3.05, 3.63) is 11.1 Å². The van der Waals surface area contributed by atoms with E-state index in [0.29, 0.717) is 5.28 Å². The van der Waals surface area contributed by atoms with E-state index in [0.717, 1.165) is 25.2 Å². The van der Waals surface area contributed by atoms with Crippen LogP contribution in [0.25, 0.3) is 0 Å². The first-order valence-corrected chi connectivity index (χ1v) is 3.98. The van der Waals surface area contributed by atoms with Crippen LogP contribution >= 0.6 is 11.6 Å². The zero-order chi connectivity index (χ0) is 7.84. The Labute approximate surface area is 69.4 Å². The summed E-state index contributed by atoms with van der Waals surface area (Å²) in [7, 11) is 0. The van der Waals surface area contributed by atoms with Gasteiger partial charge in [0.25, 0.3) is 0 Å². The molecule has 0 saturated heterocycles. The van der Waals surface area contributed by atoms with Crippen molar-refractivity contribution in [2.24, 2.45) is 5.73 Å². The number of hydrogen-bond donors (Lipinski definition) is 1. The van der Waals surface area contributed by atoms with Crippen molar-refractivity contribution in [1.29, 1.82) is 0 Å². The second kappa shape index (κ2) is 2.46. The van der Waals surface area contributed by atoms with E-state index in [2.05, 4.69) is 10.1 Å². The highest BCUT2D eigenvalue weighted by Gasteiger charge is 2.17. The largest absolute Gasteiger partial charge is 0.327 e. The van der Waals surface area contributed by atoms with E-state index < -0.39 is 0 Å². The Morgan fingerprint density at radius 1 is 1.64 bits per heavy atom. The third kappa shape index (κ3) is 1.23. The molecule has 4 nitrogen and oxygen atoms in total. The highest BCUT2D eigenvalue weighted by Crippen LogP contribution is 2.13. The van der Waals surface area contributed by atoms with Gasteiger partial charge in [0, 0.05) is 19.0 Å². The molecule has 0 saturated carbocycles. The molecule has 0 amide bonds. The lowest BCUT2D eigenvalue weighted by Gasteiger charge is -2.17. The van der Waals surface area contributed by atoms with Crippen molar-refractivity contribution >= 4 is 11.6 Å². The van der Waals surface area contributed by atoms with Crippen molar-refractivity contribution in [2.75, 3.05) is 0 Å². The number of fused-ring (bicyclic) bond motifs is 1. The zero-order valence-electron chi connectivity index (χ0n) is 6.00. The van der Waals surface area contributed by atoms with E-state index in [4.69, 9.17) is 17.3 Å². The second-order valence-electron chi connectivity index (χ2n) is 2.77. The van der Waals surface area contributed by atoms with Crippen LogP contribution in [0.5, 0.6) is 0 Å². The number of nitrogens with zero attached hydrogens (tertiary/aromatic N) is 3. The number of aromatic nitrogens is 3. The van der Waals surface area contributed by atoms with Gasteiger partial charge in [0.05, 0.1) is 0 Å². The van der Waals surface area contributed by atoms with Crippen LogP contribution in [-0.4, -0.2) is 20.8 Å². The minimum Gasteiger partial charge on any atom is -0.327 e. The van der Waals surface area contributed by atoms with Crippen molar-refractivity contribution < 1.29 is 0 Å². The Morgan fingerprint density at radius 3 is 3.27 bits per heavy atom. The lowest BCUT2D eigenvalue weighted by molar-refractivity contribution is 0.432. The lowest BCUT2D eigenvalue weighted by Crippen LogP contribution is -2.31. The van der Waals surface area contributed by atoms with Gasteiger partial charge in [0.1, 0.15) is 5.82 Å². The Balaban J connectivity index is 2.34. The summed E-state index contributed by atoms with van der Waals surface area (Å²) >= 11 is 5.61. The van der Waals surface area contributed by atoms with E-state index in [-0.39, 0.29) is 6.04 Å². The Morgan fingerprint density at radius 2 is 2.45 bits per heavy atom.